The SMILES string of the molecule is Cc1ccc(C(C)NC(N)=S)cc1. The second kappa shape index (κ2) is 4.23. The Morgan fingerprint density at radius 3 is 2.38 bits per heavy atom. The Morgan fingerprint density at radius 2 is 1.92 bits per heavy atom. The molecule has 0 fully saturated rings. The number of nitrogens with two attached hydrogens (primary N) is 1. The van der Waals surface area contributed by atoms with E-state index in [-0.39, 0.29) is 6.04 Å². The van der Waals surface area contributed by atoms with Crippen LogP contribution in [0.15, 0.2) is 24.3 Å². The van der Waals surface area contributed by atoms with Gasteiger partial charge >= 0.3 is 0 Å². The first kappa shape index (κ1) is 9.99. The molecule has 0 aliphatic heterocycles. The molecule has 0 heterocycles. The topological polar surface area (TPSA) is 38.0 Å². The molecule has 0 spiro atoms. The lowest BCUT2D eigenvalue weighted by molar-refractivity contribution is 0.719. The molecule has 1 aromatic carbocycles. The molecule has 0 amide bonds. The Labute approximate surface area is 84.1 Å². The van der Waals surface area contributed by atoms with Crippen LogP contribution in [0.25, 0.3) is 0 Å². The van der Waals surface area contributed by atoms with E-state index in [1.165, 1.54) is 11.1 Å². The van der Waals surface area contributed by atoms with E-state index in [1.54, 1.807) is 0 Å². The van der Waals surface area contributed by atoms with Crippen molar-refractivity contribution in [1.82, 2.24) is 5.32 Å². The van der Waals surface area contributed by atoms with Crippen molar-refractivity contribution >= 4 is 17.3 Å². The molecule has 0 aliphatic carbocycles. The third kappa shape index (κ3) is 3.03. The quantitative estimate of drug-likeness (QED) is 0.706. The summed E-state index contributed by atoms with van der Waals surface area (Å²) in [5.74, 6) is 0. The summed E-state index contributed by atoms with van der Waals surface area (Å²) in [4.78, 5) is 0. The first-order valence-corrected chi connectivity index (χ1v) is 4.63. The van der Waals surface area contributed by atoms with E-state index in [2.05, 4.69) is 36.5 Å². The fourth-order valence-corrected chi connectivity index (χ4v) is 1.33. The lowest BCUT2D eigenvalue weighted by Crippen LogP contribution is -2.31. The van der Waals surface area contributed by atoms with Crippen molar-refractivity contribution in [2.75, 3.05) is 0 Å². The maximum absolute atomic E-state index is 5.38. The third-order valence-corrected chi connectivity index (χ3v) is 2.05. The number of hydrogen-bond acceptors (Lipinski definition) is 1. The van der Waals surface area contributed by atoms with E-state index in [1.807, 2.05) is 6.92 Å². The summed E-state index contributed by atoms with van der Waals surface area (Å²) in [5, 5.41) is 3.33. The fourth-order valence-electron chi connectivity index (χ4n) is 1.15. The second-order valence-electron chi connectivity index (χ2n) is 3.14. The molecule has 1 rings (SSSR count). The summed E-state index contributed by atoms with van der Waals surface area (Å²) in [5.41, 5.74) is 7.83. The van der Waals surface area contributed by atoms with Gasteiger partial charge in [0.05, 0.1) is 6.04 Å². The fraction of sp³-hybridized carbons (Fsp3) is 0.300. The highest BCUT2D eigenvalue weighted by atomic mass is 32.1. The second-order valence-corrected chi connectivity index (χ2v) is 3.58. The lowest BCUT2D eigenvalue weighted by Gasteiger charge is -2.13. The zero-order valence-corrected chi connectivity index (χ0v) is 8.69. The molecule has 0 saturated heterocycles. The van der Waals surface area contributed by atoms with Gasteiger partial charge in [0, 0.05) is 0 Å². The van der Waals surface area contributed by atoms with Crippen molar-refractivity contribution in [3.8, 4) is 0 Å². The maximum Gasteiger partial charge on any atom is 0.164 e. The average molecular weight is 194 g/mol. The highest BCUT2D eigenvalue weighted by molar-refractivity contribution is 7.80. The standard InChI is InChI=1S/C10H14N2S/c1-7-3-5-9(6-4-7)8(2)12-10(11)13/h3-6,8H,1-2H3,(H3,11,12,13). The Balaban J connectivity index is 2.71. The molecule has 13 heavy (non-hydrogen) atoms. The number of hydrogen-bond donors (Lipinski definition) is 2. The molecule has 1 aromatic rings. The molecule has 1 atom stereocenters. The Morgan fingerprint density at radius 1 is 1.38 bits per heavy atom. The Hall–Kier alpha value is -1.09. The number of thiocarbonyl (C=S) groups is 1. The number of aryl methyl sites for hydroxylation is 1. The molecule has 1 unspecified atom stereocenters. The van der Waals surface area contributed by atoms with Crippen LogP contribution >= 0.6 is 12.2 Å². The van der Waals surface area contributed by atoms with Crippen molar-refractivity contribution < 1.29 is 0 Å². The Bertz CT molecular complexity index is 292. The molecule has 0 radical (unpaired) electrons. The van der Waals surface area contributed by atoms with Crippen LogP contribution in [0.5, 0.6) is 0 Å². The van der Waals surface area contributed by atoms with Crippen molar-refractivity contribution in [2.24, 2.45) is 5.73 Å². The molecule has 0 saturated carbocycles. The lowest BCUT2D eigenvalue weighted by atomic mass is 10.1. The largest absolute Gasteiger partial charge is 0.376 e. The van der Waals surface area contributed by atoms with Gasteiger partial charge in [-0.05, 0) is 31.6 Å². The first-order valence-electron chi connectivity index (χ1n) is 4.22. The Kier molecular flexibility index (Phi) is 3.25. The molecule has 0 aromatic heterocycles. The maximum atomic E-state index is 5.38. The summed E-state index contributed by atoms with van der Waals surface area (Å²) in [6.07, 6.45) is 0. The van der Waals surface area contributed by atoms with Crippen LogP contribution < -0.4 is 11.1 Å². The van der Waals surface area contributed by atoms with Crippen LogP contribution in [0.2, 0.25) is 0 Å². The minimum absolute atomic E-state index is 0.179. The first-order chi connectivity index (χ1) is 6.09. The van der Waals surface area contributed by atoms with Crippen LogP contribution in [0.4, 0.5) is 0 Å². The minimum Gasteiger partial charge on any atom is -0.376 e. The predicted octanol–water partition coefficient (Wildman–Crippen LogP) is 1.89. The van der Waals surface area contributed by atoms with Crippen molar-refractivity contribution in [3.63, 3.8) is 0 Å². The zero-order chi connectivity index (χ0) is 9.84. The van der Waals surface area contributed by atoms with Crippen LogP contribution in [-0.4, -0.2) is 5.11 Å². The predicted molar refractivity (Wildman–Crippen MR) is 59.5 cm³/mol. The number of nitrogens with one attached hydrogen (secondary N) is 1. The summed E-state index contributed by atoms with van der Waals surface area (Å²) in [6, 6.07) is 8.48. The van der Waals surface area contributed by atoms with E-state index in [9.17, 15) is 0 Å². The molecular formula is C10H14N2S. The monoisotopic (exact) mass is 194 g/mol. The van der Waals surface area contributed by atoms with E-state index in [0.29, 0.717) is 5.11 Å². The average Bonchev–Trinajstić information content (AvgIpc) is 2.04. The van der Waals surface area contributed by atoms with Gasteiger partial charge in [-0.1, -0.05) is 29.8 Å². The molecule has 3 N–H and O–H groups in total. The molecule has 2 nitrogen and oxygen atoms in total. The molecular weight excluding hydrogens is 180 g/mol. The van der Waals surface area contributed by atoms with Crippen LogP contribution in [-0.2, 0) is 0 Å². The highest BCUT2D eigenvalue weighted by Gasteiger charge is 2.03. The van der Waals surface area contributed by atoms with Gasteiger partial charge in [0.2, 0.25) is 0 Å². The van der Waals surface area contributed by atoms with E-state index >= 15 is 0 Å². The van der Waals surface area contributed by atoms with Gasteiger partial charge in [0.25, 0.3) is 0 Å². The minimum atomic E-state index is 0.179. The number of benzene rings is 1. The van der Waals surface area contributed by atoms with Crippen molar-refractivity contribution in [2.45, 2.75) is 19.9 Å². The van der Waals surface area contributed by atoms with Crippen molar-refractivity contribution in [3.05, 3.63) is 35.4 Å². The van der Waals surface area contributed by atoms with E-state index in [0.717, 1.165) is 0 Å². The zero-order valence-electron chi connectivity index (χ0n) is 7.87. The normalized spacial score (nSPS) is 12.2. The number of rotatable bonds is 2. The van der Waals surface area contributed by atoms with Gasteiger partial charge in [0.15, 0.2) is 5.11 Å². The van der Waals surface area contributed by atoms with E-state index < -0.39 is 0 Å². The van der Waals surface area contributed by atoms with Crippen LogP contribution in [0.3, 0.4) is 0 Å². The summed E-state index contributed by atoms with van der Waals surface area (Å²) < 4.78 is 0. The van der Waals surface area contributed by atoms with Gasteiger partial charge in [-0.15, -0.1) is 0 Å². The smallest absolute Gasteiger partial charge is 0.164 e. The van der Waals surface area contributed by atoms with Gasteiger partial charge < -0.3 is 11.1 Å². The summed E-state index contributed by atoms with van der Waals surface area (Å²) in [7, 11) is 0. The van der Waals surface area contributed by atoms with Gasteiger partial charge in [-0.2, -0.15) is 0 Å². The highest BCUT2D eigenvalue weighted by Crippen LogP contribution is 2.12. The summed E-state index contributed by atoms with van der Waals surface area (Å²) >= 11 is 4.76. The molecule has 3 heteroatoms. The summed E-state index contributed by atoms with van der Waals surface area (Å²) in [6.45, 7) is 4.10. The van der Waals surface area contributed by atoms with Crippen LogP contribution in [0, 0.1) is 6.92 Å². The van der Waals surface area contributed by atoms with Crippen LogP contribution in [0.1, 0.15) is 24.1 Å². The van der Waals surface area contributed by atoms with E-state index in [4.69, 9.17) is 18.0 Å². The van der Waals surface area contributed by atoms with Gasteiger partial charge in [-0.3, -0.25) is 0 Å². The van der Waals surface area contributed by atoms with Gasteiger partial charge in [0.1, 0.15) is 0 Å². The van der Waals surface area contributed by atoms with Crippen molar-refractivity contribution in [1.29, 1.82) is 0 Å². The molecule has 70 valence electrons. The molecule has 0 aliphatic rings. The molecule has 0 bridgehead atoms. The third-order valence-electron chi connectivity index (χ3n) is 1.94. The van der Waals surface area contributed by atoms with Gasteiger partial charge in [-0.25, -0.2) is 0 Å².